The van der Waals surface area contributed by atoms with Gasteiger partial charge in [0.15, 0.2) is 5.69 Å². The number of carbonyl (C=O) groups excluding carboxylic acids is 1. The van der Waals surface area contributed by atoms with Crippen LogP contribution >= 0.6 is 22.9 Å². The monoisotopic (exact) mass is 471 g/mol. The van der Waals surface area contributed by atoms with Crippen molar-refractivity contribution in [1.82, 2.24) is 19.4 Å². The van der Waals surface area contributed by atoms with Crippen LogP contribution in [0, 0.1) is 6.92 Å². The van der Waals surface area contributed by atoms with Crippen molar-refractivity contribution >= 4 is 39.1 Å². The molecule has 0 atom stereocenters. The van der Waals surface area contributed by atoms with Crippen LogP contribution in [0.25, 0.3) is 10.2 Å². The van der Waals surface area contributed by atoms with Crippen LogP contribution in [0.1, 0.15) is 52.8 Å². The maximum absolute atomic E-state index is 13.2. The third-order valence-electron chi connectivity index (χ3n) is 5.60. The number of hydrogen-bond acceptors (Lipinski definition) is 5. The molecular formula is C19H17ClF3N5O2S. The molecule has 0 aliphatic heterocycles. The van der Waals surface area contributed by atoms with Crippen molar-refractivity contribution in [2.24, 2.45) is 0 Å². The van der Waals surface area contributed by atoms with E-state index in [9.17, 15) is 22.8 Å². The minimum atomic E-state index is -4.72. The maximum atomic E-state index is 13.2. The molecule has 31 heavy (non-hydrogen) atoms. The predicted molar refractivity (Wildman–Crippen MR) is 109 cm³/mol. The first-order valence-electron chi connectivity index (χ1n) is 9.82. The smallest absolute Gasteiger partial charge is 0.271 e. The molecule has 5 rings (SSSR count). The summed E-state index contributed by atoms with van der Waals surface area (Å²) in [6, 6.07) is 0. The van der Waals surface area contributed by atoms with Gasteiger partial charge in [0.25, 0.3) is 11.5 Å². The molecule has 1 amide bonds. The second-order valence-electron chi connectivity index (χ2n) is 7.85. The van der Waals surface area contributed by atoms with Crippen molar-refractivity contribution in [3.05, 3.63) is 43.0 Å². The molecule has 0 radical (unpaired) electrons. The largest absolute Gasteiger partial charge is 0.436 e. The topological polar surface area (TPSA) is 81.8 Å². The highest BCUT2D eigenvalue weighted by Crippen LogP contribution is 2.46. The zero-order chi connectivity index (χ0) is 22.1. The summed E-state index contributed by atoms with van der Waals surface area (Å²) in [5.41, 5.74) is 2.08. The second-order valence-corrected chi connectivity index (χ2v) is 9.31. The highest BCUT2D eigenvalue weighted by atomic mass is 35.5. The third-order valence-corrected chi connectivity index (χ3v) is 7.16. The molecule has 3 aromatic rings. The Balaban J connectivity index is 1.47. The van der Waals surface area contributed by atoms with Crippen molar-refractivity contribution in [2.45, 2.75) is 57.7 Å². The van der Waals surface area contributed by atoms with Crippen molar-refractivity contribution in [1.29, 1.82) is 0 Å². The number of fused-ring (bicyclic) bond motifs is 3. The fraction of sp³-hybridized carbons (Fsp3) is 0.474. The van der Waals surface area contributed by atoms with Gasteiger partial charge in [0.05, 0.1) is 16.1 Å². The number of rotatable bonds is 4. The van der Waals surface area contributed by atoms with E-state index in [1.807, 2.05) is 0 Å². The number of nitrogens with zero attached hydrogens (tertiary/aromatic N) is 4. The van der Waals surface area contributed by atoms with Crippen molar-refractivity contribution in [2.75, 3.05) is 5.43 Å². The van der Waals surface area contributed by atoms with E-state index in [2.05, 4.69) is 15.5 Å². The van der Waals surface area contributed by atoms with Crippen LogP contribution in [-0.2, 0) is 30.4 Å². The summed E-state index contributed by atoms with van der Waals surface area (Å²) in [4.78, 5) is 32.0. The van der Waals surface area contributed by atoms with Gasteiger partial charge in [0.1, 0.15) is 17.2 Å². The summed E-state index contributed by atoms with van der Waals surface area (Å²) < 4.78 is 41.7. The Kier molecular flexibility index (Phi) is 4.67. The summed E-state index contributed by atoms with van der Waals surface area (Å²) in [5, 5.41) is 3.59. The average Bonchev–Trinajstić information content (AvgIpc) is 3.15. The SMILES string of the molecule is Cc1nc2sc3c(c2c(=O)n1NC(=O)Cn1nc(C(F)(F)F)c(Cl)c1C1CC1)CCC3. The molecule has 164 valence electrons. The summed E-state index contributed by atoms with van der Waals surface area (Å²) in [7, 11) is 0. The molecule has 1 N–H and O–H groups in total. The van der Waals surface area contributed by atoms with Crippen LogP contribution in [0.15, 0.2) is 4.79 Å². The van der Waals surface area contributed by atoms with E-state index in [1.165, 1.54) is 11.3 Å². The molecule has 0 unspecified atom stereocenters. The number of amides is 1. The Bertz CT molecular complexity index is 1290. The molecule has 0 aromatic carbocycles. The summed E-state index contributed by atoms with van der Waals surface area (Å²) in [6.07, 6.45) is -0.668. The average molecular weight is 472 g/mol. The Morgan fingerprint density at radius 3 is 2.74 bits per heavy atom. The van der Waals surface area contributed by atoms with Gasteiger partial charge < -0.3 is 0 Å². The summed E-state index contributed by atoms with van der Waals surface area (Å²) >= 11 is 7.44. The number of nitrogens with one attached hydrogen (secondary N) is 1. The minimum Gasteiger partial charge on any atom is -0.271 e. The lowest BCUT2D eigenvalue weighted by Crippen LogP contribution is -2.37. The van der Waals surface area contributed by atoms with Crippen molar-refractivity contribution in [3.8, 4) is 0 Å². The standard InChI is InChI=1S/C19H17ClF3N5O2S/c1-8-24-17-13(10-3-2-4-11(10)31-17)18(30)28(8)25-12(29)7-27-15(9-5-6-9)14(20)16(26-27)19(21,22)23/h9H,2-7H2,1H3,(H,25,29). The fourth-order valence-electron chi connectivity index (χ4n) is 4.07. The number of aromatic nitrogens is 4. The molecule has 1 saturated carbocycles. The predicted octanol–water partition coefficient (Wildman–Crippen LogP) is 3.77. The van der Waals surface area contributed by atoms with Crippen molar-refractivity contribution in [3.63, 3.8) is 0 Å². The van der Waals surface area contributed by atoms with E-state index in [0.717, 1.165) is 39.1 Å². The van der Waals surface area contributed by atoms with E-state index in [0.29, 0.717) is 28.9 Å². The van der Waals surface area contributed by atoms with Gasteiger partial charge in [-0.3, -0.25) is 19.7 Å². The molecule has 3 aromatic heterocycles. The minimum absolute atomic E-state index is 0.153. The molecule has 7 nitrogen and oxygen atoms in total. The molecule has 2 aliphatic carbocycles. The first-order valence-corrected chi connectivity index (χ1v) is 11.0. The van der Waals surface area contributed by atoms with E-state index < -0.39 is 29.3 Å². The zero-order valence-electron chi connectivity index (χ0n) is 16.3. The van der Waals surface area contributed by atoms with Crippen LogP contribution in [0.5, 0.6) is 0 Å². The fourth-order valence-corrected chi connectivity index (χ4v) is 5.77. The lowest BCUT2D eigenvalue weighted by Gasteiger charge is -2.12. The van der Waals surface area contributed by atoms with Gasteiger partial charge in [-0.25, -0.2) is 9.66 Å². The van der Waals surface area contributed by atoms with Gasteiger partial charge in [-0.2, -0.15) is 18.3 Å². The van der Waals surface area contributed by atoms with Gasteiger partial charge in [-0.15, -0.1) is 11.3 Å². The molecule has 12 heteroatoms. The maximum Gasteiger partial charge on any atom is 0.436 e. The summed E-state index contributed by atoms with van der Waals surface area (Å²) in [6.45, 7) is 1.10. The van der Waals surface area contributed by atoms with Crippen LogP contribution in [0.4, 0.5) is 13.2 Å². The molecule has 1 fully saturated rings. The van der Waals surface area contributed by atoms with Crippen molar-refractivity contribution < 1.29 is 18.0 Å². The molecule has 3 heterocycles. The quantitative estimate of drug-likeness (QED) is 0.628. The Morgan fingerprint density at radius 1 is 1.32 bits per heavy atom. The highest BCUT2D eigenvalue weighted by molar-refractivity contribution is 7.18. The van der Waals surface area contributed by atoms with Crippen LogP contribution in [0.2, 0.25) is 5.02 Å². The van der Waals surface area contributed by atoms with Crippen LogP contribution in [0.3, 0.4) is 0 Å². The van der Waals surface area contributed by atoms with Gasteiger partial charge in [-0.1, -0.05) is 11.6 Å². The molecule has 0 bridgehead atoms. The molecular weight excluding hydrogens is 455 g/mol. The van der Waals surface area contributed by atoms with Crippen LogP contribution < -0.4 is 11.0 Å². The lowest BCUT2D eigenvalue weighted by molar-refractivity contribution is -0.141. The Labute approximate surface area is 182 Å². The normalized spacial score (nSPS) is 16.2. The zero-order valence-corrected chi connectivity index (χ0v) is 17.9. The van der Waals surface area contributed by atoms with Gasteiger partial charge in [0, 0.05) is 10.8 Å². The van der Waals surface area contributed by atoms with E-state index in [1.54, 1.807) is 6.92 Å². The Hall–Kier alpha value is -2.40. The molecule has 2 aliphatic rings. The number of alkyl halides is 3. The lowest BCUT2D eigenvalue weighted by atomic mass is 10.2. The van der Waals surface area contributed by atoms with Gasteiger partial charge in [-0.05, 0) is 44.6 Å². The molecule has 0 saturated heterocycles. The van der Waals surface area contributed by atoms with Crippen LogP contribution in [-0.4, -0.2) is 25.3 Å². The number of carbonyl (C=O) groups is 1. The third kappa shape index (κ3) is 3.43. The van der Waals surface area contributed by atoms with E-state index in [-0.39, 0.29) is 17.2 Å². The number of thiophene rings is 1. The highest BCUT2D eigenvalue weighted by Gasteiger charge is 2.42. The van der Waals surface area contributed by atoms with Gasteiger partial charge in [0.2, 0.25) is 0 Å². The number of aryl methyl sites for hydroxylation is 3. The Morgan fingerprint density at radius 2 is 2.06 bits per heavy atom. The van der Waals surface area contributed by atoms with E-state index in [4.69, 9.17) is 11.6 Å². The van der Waals surface area contributed by atoms with E-state index >= 15 is 0 Å². The first kappa shape index (κ1) is 20.5. The number of hydrogen-bond donors (Lipinski definition) is 1. The molecule has 0 spiro atoms. The second kappa shape index (κ2) is 7.06. The van der Waals surface area contributed by atoms with Gasteiger partial charge >= 0.3 is 6.18 Å². The summed E-state index contributed by atoms with van der Waals surface area (Å²) in [5.74, 6) is -0.546. The number of halogens is 4. The first-order chi connectivity index (χ1) is 14.6.